The standard InChI is InChI=1S/C11H20I2O3/c1-7(2)9(12)5-15-11(14)16-6-10(13)8(3)4/h7-10H,5-6H2,1-4H3. The van der Waals surface area contributed by atoms with Gasteiger partial charge in [-0.3, -0.25) is 0 Å². The molecule has 0 saturated heterocycles. The third-order valence-corrected chi connectivity index (χ3v) is 5.76. The molecule has 0 aromatic heterocycles. The van der Waals surface area contributed by atoms with Gasteiger partial charge in [0.2, 0.25) is 0 Å². The van der Waals surface area contributed by atoms with E-state index in [0.717, 1.165) is 0 Å². The monoisotopic (exact) mass is 454 g/mol. The van der Waals surface area contributed by atoms with Crippen LogP contribution in [0.25, 0.3) is 0 Å². The Morgan fingerprint density at radius 1 is 0.938 bits per heavy atom. The molecule has 96 valence electrons. The van der Waals surface area contributed by atoms with Crippen LogP contribution in [0.5, 0.6) is 0 Å². The van der Waals surface area contributed by atoms with E-state index in [-0.39, 0.29) is 0 Å². The third kappa shape index (κ3) is 7.92. The van der Waals surface area contributed by atoms with Gasteiger partial charge >= 0.3 is 6.16 Å². The molecule has 16 heavy (non-hydrogen) atoms. The first kappa shape index (κ1) is 16.7. The van der Waals surface area contributed by atoms with Gasteiger partial charge in [0, 0.05) is 7.85 Å². The van der Waals surface area contributed by atoms with Crippen molar-refractivity contribution >= 4 is 51.3 Å². The molecule has 3 nitrogen and oxygen atoms in total. The largest absolute Gasteiger partial charge is 0.508 e. The van der Waals surface area contributed by atoms with E-state index >= 15 is 0 Å². The van der Waals surface area contributed by atoms with E-state index in [1.807, 2.05) is 0 Å². The Kier molecular flexibility index (Phi) is 9.17. The number of hydrogen-bond donors (Lipinski definition) is 0. The highest BCUT2D eigenvalue weighted by molar-refractivity contribution is 14.1. The molecule has 0 amide bonds. The summed E-state index contributed by atoms with van der Waals surface area (Å²) in [6, 6.07) is 0. The molecule has 0 fully saturated rings. The zero-order valence-electron chi connectivity index (χ0n) is 10.2. The van der Waals surface area contributed by atoms with E-state index in [9.17, 15) is 4.79 Å². The van der Waals surface area contributed by atoms with Crippen molar-refractivity contribution < 1.29 is 14.3 Å². The summed E-state index contributed by atoms with van der Waals surface area (Å²) >= 11 is 4.57. The van der Waals surface area contributed by atoms with Crippen LogP contribution in [-0.4, -0.2) is 27.2 Å². The fraction of sp³-hybridized carbons (Fsp3) is 0.909. The van der Waals surface area contributed by atoms with E-state index < -0.39 is 6.16 Å². The summed E-state index contributed by atoms with van der Waals surface area (Å²) in [7, 11) is 0. The third-order valence-electron chi connectivity index (χ3n) is 2.17. The van der Waals surface area contributed by atoms with Crippen LogP contribution in [-0.2, 0) is 9.47 Å². The van der Waals surface area contributed by atoms with Gasteiger partial charge in [-0.05, 0) is 11.8 Å². The molecule has 0 N–H and O–H groups in total. The minimum absolute atomic E-state index is 0.339. The highest BCUT2D eigenvalue weighted by Gasteiger charge is 2.15. The Labute approximate surface area is 125 Å². The molecule has 0 aromatic carbocycles. The average molecular weight is 454 g/mol. The maximum absolute atomic E-state index is 11.2. The number of carbonyl (C=O) groups is 1. The molecule has 0 rings (SSSR count). The second-order valence-corrected chi connectivity index (χ2v) is 7.59. The molecule has 0 aliphatic heterocycles. The van der Waals surface area contributed by atoms with Crippen LogP contribution in [0.15, 0.2) is 0 Å². The minimum Gasteiger partial charge on any atom is -0.433 e. The number of carbonyl (C=O) groups excluding carboxylic acids is 1. The minimum atomic E-state index is -0.551. The van der Waals surface area contributed by atoms with Gasteiger partial charge in [-0.1, -0.05) is 72.9 Å². The van der Waals surface area contributed by atoms with E-state index in [1.165, 1.54) is 0 Å². The van der Waals surface area contributed by atoms with Gasteiger partial charge in [0.15, 0.2) is 0 Å². The van der Waals surface area contributed by atoms with Crippen molar-refractivity contribution in [2.24, 2.45) is 11.8 Å². The number of halogens is 2. The van der Waals surface area contributed by atoms with Crippen LogP contribution >= 0.6 is 45.2 Å². The average Bonchev–Trinajstić information content (AvgIpc) is 2.21. The predicted molar refractivity (Wildman–Crippen MR) is 82.6 cm³/mol. The molecule has 0 aromatic rings. The first-order valence-electron chi connectivity index (χ1n) is 5.42. The Bertz CT molecular complexity index is 187. The van der Waals surface area contributed by atoms with Crippen LogP contribution < -0.4 is 0 Å². The molecule has 0 saturated carbocycles. The first-order valence-corrected chi connectivity index (χ1v) is 7.91. The number of ether oxygens (including phenoxy) is 2. The Morgan fingerprint density at radius 3 is 1.50 bits per heavy atom. The van der Waals surface area contributed by atoms with Crippen molar-refractivity contribution in [3.8, 4) is 0 Å². The zero-order valence-corrected chi connectivity index (χ0v) is 14.5. The summed E-state index contributed by atoms with van der Waals surface area (Å²) in [6.45, 7) is 9.25. The maximum Gasteiger partial charge on any atom is 0.508 e. The fourth-order valence-corrected chi connectivity index (χ4v) is 1.08. The molecule has 0 spiro atoms. The summed E-state index contributed by atoms with van der Waals surface area (Å²) < 4.78 is 10.7. The van der Waals surface area contributed by atoms with Crippen molar-refractivity contribution in [2.45, 2.75) is 35.5 Å². The molecular weight excluding hydrogens is 434 g/mol. The highest BCUT2D eigenvalue weighted by atomic mass is 127. The Hall–Kier alpha value is 0.730. The van der Waals surface area contributed by atoms with Crippen LogP contribution in [0.3, 0.4) is 0 Å². The lowest BCUT2D eigenvalue weighted by molar-refractivity contribution is 0.0538. The van der Waals surface area contributed by atoms with E-state index in [1.54, 1.807) is 0 Å². The van der Waals surface area contributed by atoms with E-state index in [2.05, 4.69) is 72.9 Å². The van der Waals surface area contributed by atoms with Crippen molar-refractivity contribution in [3.63, 3.8) is 0 Å². The summed E-state index contributed by atoms with van der Waals surface area (Å²) in [6.07, 6.45) is -0.551. The smallest absolute Gasteiger partial charge is 0.433 e. The second-order valence-electron chi connectivity index (χ2n) is 4.39. The zero-order chi connectivity index (χ0) is 12.7. The number of alkyl halides is 2. The van der Waals surface area contributed by atoms with Gasteiger partial charge in [-0.15, -0.1) is 0 Å². The molecular formula is C11H20I2O3. The normalized spacial score (nSPS) is 15.0. The van der Waals surface area contributed by atoms with Crippen molar-refractivity contribution in [1.82, 2.24) is 0 Å². The molecule has 0 heterocycles. The van der Waals surface area contributed by atoms with Crippen molar-refractivity contribution in [1.29, 1.82) is 0 Å². The van der Waals surface area contributed by atoms with Crippen LogP contribution in [0.2, 0.25) is 0 Å². The lowest BCUT2D eigenvalue weighted by atomic mass is 10.1. The lowest BCUT2D eigenvalue weighted by Gasteiger charge is -2.16. The maximum atomic E-state index is 11.2. The Balaban J connectivity index is 3.67. The Morgan fingerprint density at radius 2 is 1.25 bits per heavy atom. The summed E-state index contributed by atoms with van der Waals surface area (Å²) in [4.78, 5) is 11.2. The quantitative estimate of drug-likeness (QED) is 0.345. The van der Waals surface area contributed by atoms with Gasteiger partial charge < -0.3 is 9.47 Å². The van der Waals surface area contributed by atoms with Gasteiger partial charge in [0.05, 0.1) is 0 Å². The molecule has 0 bridgehead atoms. The van der Waals surface area contributed by atoms with Gasteiger partial charge in [0.1, 0.15) is 13.2 Å². The molecule has 2 unspecified atom stereocenters. The van der Waals surface area contributed by atoms with Gasteiger partial charge in [-0.2, -0.15) is 0 Å². The SMILES string of the molecule is CC(C)C(I)COC(=O)OCC(I)C(C)C. The fourth-order valence-electron chi connectivity index (χ4n) is 0.722. The first-order chi connectivity index (χ1) is 7.34. The number of rotatable bonds is 6. The molecule has 2 atom stereocenters. The van der Waals surface area contributed by atoms with Gasteiger partial charge in [-0.25, -0.2) is 4.79 Å². The van der Waals surface area contributed by atoms with Crippen LogP contribution in [0, 0.1) is 11.8 Å². The van der Waals surface area contributed by atoms with Gasteiger partial charge in [0.25, 0.3) is 0 Å². The van der Waals surface area contributed by atoms with Crippen molar-refractivity contribution in [2.75, 3.05) is 13.2 Å². The lowest BCUT2D eigenvalue weighted by Crippen LogP contribution is -2.22. The van der Waals surface area contributed by atoms with Crippen LogP contribution in [0.4, 0.5) is 4.79 Å². The van der Waals surface area contributed by atoms with E-state index in [0.29, 0.717) is 32.9 Å². The van der Waals surface area contributed by atoms with E-state index in [4.69, 9.17) is 9.47 Å². The van der Waals surface area contributed by atoms with Crippen molar-refractivity contribution in [3.05, 3.63) is 0 Å². The molecule has 0 aliphatic rings. The molecule has 5 heteroatoms. The summed E-state index contributed by atoms with van der Waals surface area (Å²) in [5, 5.41) is 0. The van der Waals surface area contributed by atoms with Crippen LogP contribution in [0.1, 0.15) is 27.7 Å². The summed E-state index contributed by atoms with van der Waals surface area (Å²) in [5.41, 5.74) is 0. The predicted octanol–water partition coefficient (Wildman–Crippen LogP) is 4.06. The summed E-state index contributed by atoms with van der Waals surface area (Å²) in [5.74, 6) is 1.00. The molecule has 0 radical (unpaired) electrons. The highest BCUT2D eigenvalue weighted by Crippen LogP contribution is 2.14. The number of hydrogen-bond acceptors (Lipinski definition) is 3. The molecule has 0 aliphatic carbocycles. The topological polar surface area (TPSA) is 35.5 Å². The second kappa shape index (κ2) is 8.77.